The van der Waals surface area contributed by atoms with Crippen LogP contribution in [0.5, 0.6) is 0 Å². The van der Waals surface area contributed by atoms with Gasteiger partial charge in [0.2, 0.25) is 0 Å². The Morgan fingerprint density at radius 1 is 0.723 bits per heavy atom. The SMILES string of the molecule is CO[C@H]1C[C@H](O[C@H]2[C@@H](OC)C[C@H](O[C@@H]3CC4=CC[C@H]5C(=O)[C@H](c6ccoc6C)CC[C@@H]5[C@@]4(C)C[C@H]3O)O[C@@H]2C)O[C@H](C)[C@H]1O[C@H]1C[C@@H](OC)[C@@H](O[C@@H]2O[C@H](CO)[C@@H](O)[C@H](O)[C@H]2O)[C@H](C)O1. The predicted octanol–water partition coefficient (Wildman–Crippen LogP) is 2.55. The number of carbonyl (C=O) groups excluding carboxylic acids is 1. The Balaban J connectivity index is 0.835. The highest BCUT2D eigenvalue weighted by Crippen LogP contribution is 2.58. The largest absolute Gasteiger partial charge is 0.469 e. The normalized spacial score (nSPS) is 48.3. The minimum atomic E-state index is -1.59. The van der Waals surface area contributed by atoms with Crippen LogP contribution in [0, 0.1) is 24.2 Å². The third kappa shape index (κ3) is 9.81. The number of aryl methyl sites for hydroxylation is 1. The summed E-state index contributed by atoms with van der Waals surface area (Å²) >= 11 is 0. The molecule has 23 atom stereocenters. The van der Waals surface area contributed by atoms with Gasteiger partial charge in [0.25, 0.3) is 0 Å². The molecule has 0 aromatic carbocycles. The van der Waals surface area contributed by atoms with Crippen molar-refractivity contribution in [1.82, 2.24) is 0 Å². The average molecular weight is 925 g/mol. The van der Waals surface area contributed by atoms with E-state index < -0.39 is 123 Å². The molecule has 18 heteroatoms. The van der Waals surface area contributed by atoms with Crippen molar-refractivity contribution in [1.29, 1.82) is 0 Å². The molecular formula is C47H72O18. The number of fused-ring (bicyclic) bond motifs is 3. The number of carbonyl (C=O) groups is 1. The average Bonchev–Trinajstić information content (AvgIpc) is 3.71. The minimum absolute atomic E-state index is 0.0811. The van der Waals surface area contributed by atoms with Crippen molar-refractivity contribution in [2.24, 2.45) is 17.3 Å². The third-order valence-electron chi connectivity index (χ3n) is 15.7. The lowest BCUT2D eigenvalue weighted by Gasteiger charge is -2.54. The molecule has 1 aromatic rings. The van der Waals surface area contributed by atoms with Gasteiger partial charge in [-0.3, -0.25) is 4.79 Å². The van der Waals surface area contributed by atoms with E-state index in [1.165, 1.54) is 12.7 Å². The Hall–Kier alpha value is -1.95. The van der Waals surface area contributed by atoms with Crippen molar-refractivity contribution in [3.8, 4) is 0 Å². The number of methoxy groups -OCH3 is 3. The van der Waals surface area contributed by atoms with Crippen molar-refractivity contribution in [2.45, 2.75) is 209 Å². The summed E-state index contributed by atoms with van der Waals surface area (Å²) in [6.45, 7) is 9.11. The summed E-state index contributed by atoms with van der Waals surface area (Å²) in [6.07, 6.45) is -6.91. The summed E-state index contributed by atoms with van der Waals surface area (Å²) in [5.74, 6) is 1.04. The molecule has 6 fully saturated rings. The van der Waals surface area contributed by atoms with Crippen LogP contribution in [0.15, 0.2) is 28.4 Å². The zero-order valence-electron chi connectivity index (χ0n) is 38.8. The lowest BCUT2D eigenvalue weighted by Crippen LogP contribution is -2.62. The van der Waals surface area contributed by atoms with Gasteiger partial charge in [-0.25, -0.2) is 0 Å². The van der Waals surface area contributed by atoms with Gasteiger partial charge in [-0.15, -0.1) is 0 Å². The lowest BCUT2D eigenvalue weighted by atomic mass is 9.51. The summed E-state index contributed by atoms with van der Waals surface area (Å²) in [5.41, 5.74) is 1.95. The van der Waals surface area contributed by atoms with Crippen molar-refractivity contribution in [2.75, 3.05) is 27.9 Å². The van der Waals surface area contributed by atoms with Crippen molar-refractivity contribution < 1.29 is 86.8 Å². The van der Waals surface area contributed by atoms with Gasteiger partial charge in [0.1, 0.15) is 54.3 Å². The van der Waals surface area contributed by atoms with Crippen LogP contribution in [0.25, 0.3) is 0 Å². The first-order chi connectivity index (χ1) is 31.1. The molecule has 4 saturated heterocycles. The van der Waals surface area contributed by atoms with Crippen LogP contribution >= 0.6 is 0 Å². The number of furan rings is 1. The molecule has 7 aliphatic rings. The molecule has 8 rings (SSSR count). The summed E-state index contributed by atoms with van der Waals surface area (Å²) in [7, 11) is 4.76. The molecule has 2 saturated carbocycles. The van der Waals surface area contributed by atoms with Gasteiger partial charge in [-0.2, -0.15) is 0 Å². The number of hydrogen-bond acceptors (Lipinski definition) is 18. The molecular weight excluding hydrogens is 852 g/mol. The topological polar surface area (TPSA) is 233 Å². The fourth-order valence-corrected chi connectivity index (χ4v) is 12.1. The Kier molecular flexibility index (Phi) is 15.7. The number of hydrogen-bond donors (Lipinski definition) is 5. The van der Waals surface area contributed by atoms with Crippen LogP contribution in [0.1, 0.15) is 96.3 Å². The van der Waals surface area contributed by atoms with Crippen LogP contribution < -0.4 is 0 Å². The number of aliphatic hydroxyl groups is 5. The van der Waals surface area contributed by atoms with Crippen molar-refractivity contribution >= 4 is 5.78 Å². The zero-order valence-corrected chi connectivity index (χ0v) is 38.8. The summed E-state index contributed by atoms with van der Waals surface area (Å²) in [5, 5.41) is 52.3. The highest BCUT2D eigenvalue weighted by Gasteiger charge is 2.55. The number of rotatable bonds is 13. The minimum Gasteiger partial charge on any atom is -0.469 e. The zero-order chi connectivity index (χ0) is 46.5. The first-order valence-corrected chi connectivity index (χ1v) is 23.5. The fraction of sp³-hybridized carbons (Fsp3) is 0.851. The van der Waals surface area contributed by atoms with E-state index in [-0.39, 0.29) is 35.4 Å². The molecule has 0 unspecified atom stereocenters. The molecule has 5 heterocycles. The van der Waals surface area contributed by atoms with Crippen LogP contribution in [-0.2, 0) is 56.9 Å². The quantitative estimate of drug-likeness (QED) is 0.179. The Bertz CT molecular complexity index is 1770. The number of Topliss-reactive ketones (excluding diaryl/α,β-unsaturated/α-hetero) is 1. The highest BCUT2D eigenvalue weighted by molar-refractivity contribution is 5.89. The molecule has 65 heavy (non-hydrogen) atoms. The predicted molar refractivity (Wildman–Crippen MR) is 226 cm³/mol. The third-order valence-corrected chi connectivity index (χ3v) is 15.7. The maximum Gasteiger partial charge on any atom is 0.187 e. The van der Waals surface area contributed by atoms with Crippen LogP contribution in [0.2, 0.25) is 0 Å². The summed E-state index contributed by atoms with van der Waals surface area (Å²) in [4.78, 5) is 13.9. The van der Waals surface area contributed by atoms with E-state index in [9.17, 15) is 30.3 Å². The van der Waals surface area contributed by atoms with Gasteiger partial charge in [0.15, 0.2) is 25.2 Å². The van der Waals surface area contributed by atoms with Crippen LogP contribution in [0.4, 0.5) is 0 Å². The van der Waals surface area contributed by atoms with E-state index >= 15 is 0 Å². The molecule has 5 N–H and O–H groups in total. The highest BCUT2D eigenvalue weighted by atomic mass is 16.8. The van der Waals surface area contributed by atoms with Crippen LogP contribution in [0.3, 0.4) is 0 Å². The van der Waals surface area contributed by atoms with Crippen LogP contribution in [-0.4, -0.2) is 176 Å². The molecule has 0 radical (unpaired) electrons. The Morgan fingerprint density at radius 2 is 1.28 bits per heavy atom. The molecule has 0 spiro atoms. The number of ether oxygens (including phenoxy) is 11. The molecule has 0 bridgehead atoms. The lowest BCUT2D eigenvalue weighted by molar-refractivity contribution is -0.357. The van der Waals surface area contributed by atoms with Gasteiger partial charge in [0.05, 0.1) is 61.7 Å². The monoisotopic (exact) mass is 924 g/mol. The Labute approximate surface area is 381 Å². The number of ketones is 1. The number of allylic oxidation sites excluding steroid dienone is 1. The summed E-state index contributed by atoms with van der Waals surface area (Å²) in [6, 6.07) is 1.93. The molecule has 0 amide bonds. The molecule has 3 aliphatic carbocycles. The first-order valence-electron chi connectivity index (χ1n) is 23.5. The Morgan fingerprint density at radius 3 is 1.80 bits per heavy atom. The standard InChI is InChI=1S/C47H72O18/c1-21-26(13-14-57-21)27-11-12-29-28(39(27)50)10-9-25-15-31(30(49)19-47(25,29)5)61-36-16-32(54-6)43(22(2)58-36)63-37-17-33(55-7)44(23(3)59-37)64-38-18-34(56-8)45(24(4)60-38)65-46-42(53)41(52)40(51)35(20-48)62-46/h9,13-14,22-24,27-38,40-46,48-49,51-53H,10-12,15-20H2,1-8H3/t22-,23-,24+,27+,28-,29+,30-,31-,32+,33+,34-,35-,36+,37+,38+,40-,41+,42-,43-,44-,45+,46+,47+/m1/s1. The maximum atomic E-state index is 13.9. The second-order valence-electron chi connectivity index (χ2n) is 19.6. The van der Waals surface area contributed by atoms with Gasteiger partial charge < -0.3 is 82.1 Å². The first kappa shape index (κ1) is 49.5. The van der Waals surface area contributed by atoms with E-state index in [1.54, 1.807) is 27.4 Å². The summed E-state index contributed by atoms with van der Waals surface area (Å²) < 4.78 is 73.7. The van der Waals surface area contributed by atoms with E-state index in [0.29, 0.717) is 32.1 Å². The van der Waals surface area contributed by atoms with Gasteiger partial charge >= 0.3 is 0 Å². The van der Waals surface area contributed by atoms with E-state index in [4.69, 9.17) is 56.5 Å². The van der Waals surface area contributed by atoms with Crippen molar-refractivity contribution in [3.05, 3.63) is 35.3 Å². The smallest absolute Gasteiger partial charge is 0.187 e. The van der Waals surface area contributed by atoms with E-state index in [0.717, 1.165) is 24.2 Å². The molecule has 368 valence electrons. The second kappa shape index (κ2) is 20.6. The number of aliphatic hydroxyl groups excluding tert-OH is 5. The molecule has 18 nitrogen and oxygen atoms in total. The molecule has 4 aliphatic heterocycles. The van der Waals surface area contributed by atoms with Crippen molar-refractivity contribution in [3.63, 3.8) is 0 Å². The van der Waals surface area contributed by atoms with E-state index in [2.05, 4.69) is 13.0 Å². The second-order valence-corrected chi connectivity index (χ2v) is 19.6. The van der Waals surface area contributed by atoms with E-state index in [1.807, 2.05) is 26.8 Å². The van der Waals surface area contributed by atoms with Gasteiger partial charge in [0, 0.05) is 58.0 Å². The fourth-order valence-electron chi connectivity index (χ4n) is 12.1. The maximum absolute atomic E-state index is 13.9. The van der Waals surface area contributed by atoms with Gasteiger partial charge in [-0.1, -0.05) is 18.6 Å². The van der Waals surface area contributed by atoms with Gasteiger partial charge in [-0.05, 0) is 77.2 Å². The molecule has 1 aromatic heterocycles.